The van der Waals surface area contributed by atoms with Gasteiger partial charge in [-0.3, -0.25) is 14.9 Å². The highest BCUT2D eigenvalue weighted by molar-refractivity contribution is 5.75. The van der Waals surface area contributed by atoms with E-state index in [9.17, 15) is 14.9 Å². The van der Waals surface area contributed by atoms with Crippen LogP contribution in [0.15, 0.2) is 18.2 Å². The third-order valence-electron chi connectivity index (χ3n) is 2.78. The molecule has 0 atom stereocenters. The first kappa shape index (κ1) is 15.9. The van der Waals surface area contributed by atoms with E-state index in [2.05, 4.69) is 5.32 Å². The van der Waals surface area contributed by atoms with Gasteiger partial charge in [0.2, 0.25) is 5.91 Å². The normalized spacial score (nSPS) is 10.2. The maximum Gasteiger partial charge on any atom is 0.311 e. The number of amides is 1. The number of hydrogen-bond acceptors (Lipinski definition) is 5. The van der Waals surface area contributed by atoms with Crippen LogP contribution in [-0.2, 0) is 11.3 Å². The Morgan fingerprint density at radius 1 is 1.45 bits per heavy atom. The minimum atomic E-state index is -0.474. The van der Waals surface area contributed by atoms with Crippen LogP contribution in [0.1, 0.15) is 12.0 Å². The van der Waals surface area contributed by atoms with Gasteiger partial charge in [-0.15, -0.1) is 0 Å². The third-order valence-corrected chi connectivity index (χ3v) is 2.78. The van der Waals surface area contributed by atoms with Gasteiger partial charge in [0, 0.05) is 39.7 Å². The first-order valence-electron chi connectivity index (χ1n) is 6.18. The number of nitrogens with zero attached hydrogens (tertiary/aromatic N) is 2. The number of nitro benzene ring substituents is 1. The van der Waals surface area contributed by atoms with Crippen molar-refractivity contribution in [2.45, 2.75) is 13.0 Å². The average molecular weight is 281 g/mol. The van der Waals surface area contributed by atoms with E-state index in [4.69, 9.17) is 4.74 Å². The van der Waals surface area contributed by atoms with Crippen LogP contribution in [0.3, 0.4) is 0 Å². The van der Waals surface area contributed by atoms with Crippen molar-refractivity contribution in [3.8, 4) is 5.75 Å². The highest BCUT2D eigenvalue weighted by Crippen LogP contribution is 2.27. The van der Waals surface area contributed by atoms with Crippen molar-refractivity contribution in [1.82, 2.24) is 10.2 Å². The van der Waals surface area contributed by atoms with Gasteiger partial charge in [-0.2, -0.15) is 0 Å². The zero-order chi connectivity index (χ0) is 15.1. The molecule has 0 bridgehead atoms. The van der Waals surface area contributed by atoms with Crippen molar-refractivity contribution in [3.63, 3.8) is 0 Å². The molecule has 1 amide bonds. The molecule has 7 nitrogen and oxygen atoms in total. The molecule has 0 fully saturated rings. The minimum absolute atomic E-state index is 0.0400. The quantitative estimate of drug-likeness (QED) is 0.461. The molecule has 0 saturated heterocycles. The summed E-state index contributed by atoms with van der Waals surface area (Å²) in [6, 6.07) is 4.80. The van der Waals surface area contributed by atoms with E-state index in [1.165, 1.54) is 18.1 Å². The van der Waals surface area contributed by atoms with Gasteiger partial charge in [-0.25, -0.2) is 0 Å². The van der Waals surface area contributed by atoms with Gasteiger partial charge in [0.1, 0.15) is 0 Å². The van der Waals surface area contributed by atoms with Crippen molar-refractivity contribution in [2.75, 3.05) is 27.7 Å². The molecule has 0 radical (unpaired) electrons. The molecule has 20 heavy (non-hydrogen) atoms. The topological polar surface area (TPSA) is 84.7 Å². The molecule has 1 N–H and O–H groups in total. The first-order chi connectivity index (χ1) is 9.45. The lowest BCUT2D eigenvalue weighted by Crippen LogP contribution is -2.26. The number of carbonyl (C=O) groups is 1. The smallest absolute Gasteiger partial charge is 0.311 e. The SMILES string of the molecule is COc1ccc(CNCCC(=O)N(C)C)cc1[N+](=O)[O-]. The zero-order valence-electron chi connectivity index (χ0n) is 11.9. The van der Waals surface area contributed by atoms with Gasteiger partial charge in [0.05, 0.1) is 12.0 Å². The van der Waals surface area contributed by atoms with E-state index in [0.717, 1.165) is 5.56 Å². The Morgan fingerprint density at radius 3 is 2.70 bits per heavy atom. The van der Waals surface area contributed by atoms with Crippen LogP contribution >= 0.6 is 0 Å². The molecule has 7 heteroatoms. The number of ether oxygens (including phenoxy) is 1. The van der Waals surface area contributed by atoms with Crippen molar-refractivity contribution < 1.29 is 14.5 Å². The maximum absolute atomic E-state index is 11.4. The van der Waals surface area contributed by atoms with Crippen LogP contribution in [0.2, 0.25) is 0 Å². The molecule has 1 rings (SSSR count). The maximum atomic E-state index is 11.4. The molecule has 0 aliphatic heterocycles. The summed E-state index contributed by atoms with van der Waals surface area (Å²) < 4.78 is 4.93. The van der Waals surface area contributed by atoms with E-state index in [-0.39, 0.29) is 17.3 Å². The summed E-state index contributed by atoms with van der Waals surface area (Å²) in [6.07, 6.45) is 0.394. The summed E-state index contributed by atoms with van der Waals surface area (Å²) in [5, 5.41) is 14.0. The minimum Gasteiger partial charge on any atom is -0.490 e. The second-order valence-electron chi connectivity index (χ2n) is 4.48. The molecule has 0 unspecified atom stereocenters. The zero-order valence-corrected chi connectivity index (χ0v) is 11.9. The fourth-order valence-electron chi connectivity index (χ4n) is 1.64. The predicted octanol–water partition coefficient (Wildman–Crippen LogP) is 1.17. The van der Waals surface area contributed by atoms with Crippen LogP contribution in [0, 0.1) is 10.1 Å². The molecule has 0 saturated carbocycles. The number of carbonyl (C=O) groups excluding carboxylic acids is 1. The molecule has 1 aromatic rings. The summed E-state index contributed by atoms with van der Waals surface area (Å²) in [6.45, 7) is 0.988. The van der Waals surface area contributed by atoms with Gasteiger partial charge >= 0.3 is 5.69 Å². The van der Waals surface area contributed by atoms with Gasteiger partial charge in [-0.1, -0.05) is 6.07 Å². The predicted molar refractivity (Wildman–Crippen MR) is 74.7 cm³/mol. The van der Waals surface area contributed by atoms with Gasteiger partial charge in [0.15, 0.2) is 5.75 Å². The Labute approximate surface area is 117 Å². The fourth-order valence-corrected chi connectivity index (χ4v) is 1.64. The molecule has 1 aromatic carbocycles. The van der Waals surface area contributed by atoms with Crippen molar-refractivity contribution in [1.29, 1.82) is 0 Å². The molecular formula is C13H19N3O4. The van der Waals surface area contributed by atoms with Crippen molar-refractivity contribution >= 4 is 11.6 Å². The van der Waals surface area contributed by atoms with Crippen LogP contribution in [0.4, 0.5) is 5.69 Å². The van der Waals surface area contributed by atoms with Gasteiger partial charge < -0.3 is 15.0 Å². The van der Waals surface area contributed by atoms with Gasteiger partial charge in [0.25, 0.3) is 0 Å². The number of nitro groups is 1. The summed E-state index contributed by atoms with van der Waals surface area (Å²) in [4.78, 5) is 23.3. The average Bonchev–Trinajstić information content (AvgIpc) is 2.42. The highest BCUT2D eigenvalue weighted by Gasteiger charge is 2.14. The molecule has 0 aliphatic rings. The molecule has 0 aliphatic carbocycles. The molecule has 0 aromatic heterocycles. The number of methoxy groups -OCH3 is 1. The number of benzene rings is 1. The van der Waals surface area contributed by atoms with E-state index < -0.39 is 4.92 Å². The lowest BCUT2D eigenvalue weighted by atomic mass is 10.2. The molecule has 0 spiro atoms. The molecule has 0 heterocycles. The van der Waals surface area contributed by atoms with E-state index in [0.29, 0.717) is 19.5 Å². The van der Waals surface area contributed by atoms with E-state index in [1.54, 1.807) is 26.2 Å². The number of hydrogen-bond donors (Lipinski definition) is 1. The Kier molecular flexibility index (Phi) is 5.92. The molecular weight excluding hydrogens is 262 g/mol. The Hall–Kier alpha value is -2.15. The monoisotopic (exact) mass is 281 g/mol. The summed E-state index contributed by atoms with van der Waals surface area (Å²) in [7, 11) is 4.80. The van der Waals surface area contributed by atoms with E-state index >= 15 is 0 Å². The van der Waals surface area contributed by atoms with Crippen LogP contribution in [0.5, 0.6) is 5.75 Å². The van der Waals surface area contributed by atoms with Crippen molar-refractivity contribution in [2.24, 2.45) is 0 Å². The Balaban J connectivity index is 2.55. The summed E-state index contributed by atoms with van der Waals surface area (Å²) in [5.41, 5.74) is 0.714. The van der Waals surface area contributed by atoms with Crippen LogP contribution in [0.25, 0.3) is 0 Å². The lowest BCUT2D eigenvalue weighted by molar-refractivity contribution is -0.385. The first-order valence-corrected chi connectivity index (χ1v) is 6.18. The van der Waals surface area contributed by atoms with Crippen molar-refractivity contribution in [3.05, 3.63) is 33.9 Å². The second kappa shape index (κ2) is 7.44. The van der Waals surface area contributed by atoms with Crippen LogP contribution < -0.4 is 10.1 Å². The number of rotatable bonds is 7. The lowest BCUT2D eigenvalue weighted by Gasteiger charge is -2.10. The van der Waals surface area contributed by atoms with Gasteiger partial charge in [-0.05, 0) is 11.6 Å². The molecule has 110 valence electrons. The highest BCUT2D eigenvalue weighted by atomic mass is 16.6. The Morgan fingerprint density at radius 2 is 2.15 bits per heavy atom. The van der Waals surface area contributed by atoms with Crippen LogP contribution in [-0.4, -0.2) is 43.5 Å². The fraction of sp³-hybridized carbons (Fsp3) is 0.462. The summed E-state index contributed by atoms with van der Waals surface area (Å²) in [5.74, 6) is 0.278. The third kappa shape index (κ3) is 4.51. The van der Waals surface area contributed by atoms with E-state index in [1.807, 2.05) is 0 Å². The Bertz CT molecular complexity index is 489. The second-order valence-corrected chi connectivity index (χ2v) is 4.48. The largest absolute Gasteiger partial charge is 0.490 e. The standard InChI is InChI=1S/C13H19N3O4/c1-15(2)13(17)6-7-14-9-10-4-5-12(20-3)11(8-10)16(18)19/h4-5,8,14H,6-7,9H2,1-3H3. The summed E-state index contributed by atoms with van der Waals surface area (Å²) >= 11 is 0. The number of nitrogens with one attached hydrogen (secondary N) is 1.